The molecule has 0 saturated heterocycles. The Morgan fingerprint density at radius 1 is 0.867 bits per heavy atom. The maximum Gasteiger partial charge on any atom is 0.269 e. The van der Waals surface area contributed by atoms with E-state index in [1.54, 1.807) is 4.90 Å². The van der Waals surface area contributed by atoms with E-state index in [0.717, 1.165) is 41.1 Å². The fraction of sp³-hybridized carbons (Fsp3) is 0.269. The smallest absolute Gasteiger partial charge is 0.269 e. The highest BCUT2D eigenvalue weighted by atomic mass is 16.5. The molecule has 0 aromatic heterocycles. The van der Waals surface area contributed by atoms with Crippen LogP contribution in [-0.4, -0.2) is 19.1 Å². The molecule has 1 aliphatic rings. The Morgan fingerprint density at radius 2 is 1.47 bits per heavy atom. The van der Waals surface area contributed by atoms with Gasteiger partial charge in [0.15, 0.2) is 6.61 Å². The summed E-state index contributed by atoms with van der Waals surface area (Å²) in [5.74, 6) is 1.89. The molecule has 4 nitrogen and oxygen atoms in total. The van der Waals surface area contributed by atoms with Crippen molar-refractivity contribution >= 4 is 17.3 Å². The van der Waals surface area contributed by atoms with E-state index < -0.39 is 0 Å². The van der Waals surface area contributed by atoms with Crippen molar-refractivity contribution in [3.63, 3.8) is 0 Å². The Balaban J connectivity index is 1.48. The summed E-state index contributed by atoms with van der Waals surface area (Å²) in [7, 11) is 0. The first-order valence-corrected chi connectivity index (χ1v) is 10.5. The Labute approximate surface area is 178 Å². The fourth-order valence-corrected chi connectivity index (χ4v) is 3.64. The van der Waals surface area contributed by atoms with Crippen LogP contribution in [-0.2, 0) is 11.2 Å². The van der Waals surface area contributed by atoms with E-state index in [2.05, 4.69) is 26.0 Å². The van der Waals surface area contributed by atoms with Gasteiger partial charge in [0.1, 0.15) is 11.5 Å². The zero-order chi connectivity index (χ0) is 20.9. The maximum atomic E-state index is 13.2. The molecule has 4 heteroatoms. The standard InChI is InChI=1S/C26H27NO3/c1-19(2)14-15-29-22-10-7-11-23(17-22)30-18-26(28)27-24-12-5-3-8-20(24)16-21-9-4-6-13-25(21)27/h3-13,17,19H,14-16,18H2,1-2H3. The first-order valence-electron chi connectivity index (χ1n) is 10.5. The third kappa shape index (κ3) is 4.48. The van der Waals surface area contributed by atoms with Crippen molar-refractivity contribution in [3.05, 3.63) is 83.9 Å². The van der Waals surface area contributed by atoms with Gasteiger partial charge in [-0.25, -0.2) is 0 Å². The number of hydrogen-bond donors (Lipinski definition) is 0. The summed E-state index contributed by atoms with van der Waals surface area (Å²) < 4.78 is 11.6. The molecular formula is C26H27NO3. The van der Waals surface area contributed by atoms with Gasteiger partial charge < -0.3 is 9.47 Å². The number of benzene rings is 3. The van der Waals surface area contributed by atoms with Crippen LogP contribution in [0.4, 0.5) is 11.4 Å². The molecule has 0 saturated carbocycles. The number of nitrogens with zero attached hydrogens (tertiary/aromatic N) is 1. The molecule has 0 radical (unpaired) electrons. The Bertz CT molecular complexity index is 983. The zero-order valence-corrected chi connectivity index (χ0v) is 17.5. The highest BCUT2D eigenvalue weighted by molar-refractivity contribution is 6.03. The minimum absolute atomic E-state index is 0.0435. The molecule has 0 bridgehead atoms. The molecule has 0 fully saturated rings. The third-order valence-electron chi connectivity index (χ3n) is 5.23. The molecule has 1 aliphatic heterocycles. The molecule has 1 heterocycles. The first-order chi connectivity index (χ1) is 14.6. The van der Waals surface area contributed by atoms with Gasteiger partial charge in [-0.2, -0.15) is 0 Å². The van der Waals surface area contributed by atoms with Gasteiger partial charge in [0, 0.05) is 12.5 Å². The van der Waals surface area contributed by atoms with Crippen LogP contribution in [0.25, 0.3) is 0 Å². The van der Waals surface area contributed by atoms with Gasteiger partial charge in [-0.1, -0.05) is 56.3 Å². The predicted octanol–water partition coefficient (Wildman–Crippen LogP) is 5.76. The summed E-state index contributed by atoms with van der Waals surface area (Å²) in [6, 6.07) is 23.6. The van der Waals surface area contributed by atoms with Gasteiger partial charge in [-0.05, 0) is 47.7 Å². The third-order valence-corrected chi connectivity index (χ3v) is 5.23. The normalized spacial score (nSPS) is 12.3. The SMILES string of the molecule is CC(C)CCOc1cccc(OCC(=O)N2c3ccccc3Cc3ccccc32)c1. The van der Waals surface area contributed by atoms with Crippen molar-refractivity contribution in [1.29, 1.82) is 0 Å². The second-order valence-corrected chi connectivity index (χ2v) is 7.96. The summed E-state index contributed by atoms with van der Waals surface area (Å²) in [4.78, 5) is 15.0. The molecule has 0 spiro atoms. The van der Waals surface area contributed by atoms with E-state index in [1.165, 1.54) is 0 Å². The molecular weight excluding hydrogens is 374 g/mol. The maximum absolute atomic E-state index is 13.2. The lowest BCUT2D eigenvalue weighted by molar-refractivity contribution is -0.119. The van der Waals surface area contributed by atoms with Crippen LogP contribution in [0.3, 0.4) is 0 Å². The van der Waals surface area contributed by atoms with Gasteiger partial charge in [0.05, 0.1) is 18.0 Å². The number of amides is 1. The number of fused-ring (bicyclic) bond motifs is 2. The monoisotopic (exact) mass is 401 g/mol. The van der Waals surface area contributed by atoms with Crippen LogP contribution in [0.2, 0.25) is 0 Å². The van der Waals surface area contributed by atoms with E-state index in [0.29, 0.717) is 18.3 Å². The molecule has 154 valence electrons. The number of ether oxygens (including phenoxy) is 2. The van der Waals surface area contributed by atoms with Crippen molar-refractivity contribution in [2.75, 3.05) is 18.1 Å². The van der Waals surface area contributed by atoms with Gasteiger partial charge >= 0.3 is 0 Å². The van der Waals surface area contributed by atoms with Gasteiger partial charge in [0.2, 0.25) is 0 Å². The summed E-state index contributed by atoms with van der Waals surface area (Å²) in [5, 5.41) is 0. The molecule has 0 aliphatic carbocycles. The molecule has 3 aromatic rings. The van der Waals surface area contributed by atoms with E-state index in [4.69, 9.17) is 9.47 Å². The minimum Gasteiger partial charge on any atom is -0.493 e. The summed E-state index contributed by atoms with van der Waals surface area (Å²) in [6.45, 7) is 4.97. The Kier molecular flexibility index (Phi) is 6.03. The Hall–Kier alpha value is -3.27. The highest BCUT2D eigenvalue weighted by Crippen LogP contribution is 2.38. The molecule has 3 aromatic carbocycles. The van der Waals surface area contributed by atoms with Gasteiger partial charge in [-0.15, -0.1) is 0 Å². The number of para-hydroxylation sites is 2. The highest BCUT2D eigenvalue weighted by Gasteiger charge is 2.27. The zero-order valence-electron chi connectivity index (χ0n) is 17.5. The number of hydrogen-bond acceptors (Lipinski definition) is 3. The fourth-order valence-electron chi connectivity index (χ4n) is 3.64. The number of anilines is 2. The van der Waals surface area contributed by atoms with Crippen LogP contribution in [0.15, 0.2) is 72.8 Å². The quantitative estimate of drug-likeness (QED) is 0.505. The molecule has 4 rings (SSSR count). The first kappa shape index (κ1) is 20.0. The number of rotatable bonds is 7. The molecule has 0 N–H and O–H groups in total. The second kappa shape index (κ2) is 9.04. The van der Waals surface area contributed by atoms with E-state index in [9.17, 15) is 4.79 Å². The van der Waals surface area contributed by atoms with Crippen molar-refractivity contribution in [2.24, 2.45) is 5.92 Å². The predicted molar refractivity (Wildman–Crippen MR) is 120 cm³/mol. The average Bonchev–Trinajstić information content (AvgIpc) is 2.76. The van der Waals surface area contributed by atoms with Crippen LogP contribution in [0, 0.1) is 5.92 Å². The summed E-state index contributed by atoms with van der Waals surface area (Å²) >= 11 is 0. The van der Waals surface area contributed by atoms with Gasteiger partial charge in [0.25, 0.3) is 5.91 Å². The van der Waals surface area contributed by atoms with Crippen molar-refractivity contribution < 1.29 is 14.3 Å². The van der Waals surface area contributed by atoms with Crippen LogP contribution < -0.4 is 14.4 Å². The topological polar surface area (TPSA) is 38.8 Å². The van der Waals surface area contributed by atoms with Crippen LogP contribution in [0.5, 0.6) is 11.5 Å². The molecule has 0 unspecified atom stereocenters. The number of carbonyl (C=O) groups is 1. The lowest BCUT2D eigenvalue weighted by Crippen LogP contribution is -2.34. The Morgan fingerprint density at radius 3 is 2.10 bits per heavy atom. The molecule has 0 atom stereocenters. The van der Waals surface area contributed by atoms with Crippen molar-refractivity contribution in [3.8, 4) is 11.5 Å². The lowest BCUT2D eigenvalue weighted by atomic mass is 9.95. The summed E-state index contributed by atoms with van der Waals surface area (Å²) in [6.07, 6.45) is 1.82. The second-order valence-electron chi connectivity index (χ2n) is 7.96. The van der Waals surface area contributed by atoms with Crippen LogP contribution >= 0.6 is 0 Å². The minimum atomic E-state index is -0.0965. The lowest BCUT2D eigenvalue weighted by Gasteiger charge is -2.31. The average molecular weight is 402 g/mol. The molecule has 1 amide bonds. The van der Waals surface area contributed by atoms with E-state index in [1.807, 2.05) is 60.7 Å². The summed E-state index contributed by atoms with van der Waals surface area (Å²) in [5.41, 5.74) is 4.14. The van der Waals surface area contributed by atoms with Gasteiger partial charge in [-0.3, -0.25) is 9.69 Å². The van der Waals surface area contributed by atoms with E-state index >= 15 is 0 Å². The molecule has 30 heavy (non-hydrogen) atoms. The van der Waals surface area contributed by atoms with Crippen molar-refractivity contribution in [2.45, 2.75) is 26.7 Å². The van der Waals surface area contributed by atoms with Crippen LogP contribution in [0.1, 0.15) is 31.4 Å². The largest absolute Gasteiger partial charge is 0.493 e. The number of carbonyl (C=O) groups excluding carboxylic acids is 1. The van der Waals surface area contributed by atoms with Crippen molar-refractivity contribution in [1.82, 2.24) is 0 Å². The van der Waals surface area contributed by atoms with E-state index in [-0.39, 0.29) is 12.5 Å².